The molecule has 0 aliphatic carbocycles. The summed E-state index contributed by atoms with van der Waals surface area (Å²) >= 11 is 0. The van der Waals surface area contributed by atoms with Gasteiger partial charge in [-0.1, -0.05) is 18.2 Å². The van der Waals surface area contributed by atoms with E-state index in [0.29, 0.717) is 18.1 Å². The Morgan fingerprint density at radius 1 is 1.20 bits per heavy atom. The molecule has 1 aliphatic rings. The molecule has 20 heavy (non-hydrogen) atoms. The zero-order chi connectivity index (χ0) is 13.9. The zero-order valence-corrected chi connectivity index (χ0v) is 11.0. The molecule has 2 aromatic rings. The van der Waals surface area contributed by atoms with Crippen LogP contribution in [0.4, 0.5) is 5.69 Å². The highest BCUT2D eigenvalue weighted by atomic mass is 16.5. The van der Waals surface area contributed by atoms with Crippen LogP contribution >= 0.6 is 0 Å². The van der Waals surface area contributed by atoms with Gasteiger partial charge in [0.2, 0.25) is 5.91 Å². The first-order valence-electron chi connectivity index (χ1n) is 6.59. The Kier molecular flexibility index (Phi) is 3.29. The molecule has 1 unspecified atom stereocenters. The monoisotopic (exact) mass is 268 g/mol. The molecular formula is C16H16N2O2. The fourth-order valence-electron chi connectivity index (χ4n) is 2.39. The predicted octanol–water partition coefficient (Wildman–Crippen LogP) is 2.37. The summed E-state index contributed by atoms with van der Waals surface area (Å²) in [5.41, 5.74) is 7.95. The molecule has 0 saturated heterocycles. The standard InChI is InChI=1S/C16H16N2O2/c17-16(19)11-5-7-13(8-6-11)18-9-12-10-20-15-4-2-1-3-14(12)15/h1-8,12,18H,9-10H2,(H2,17,19). The molecule has 3 N–H and O–H groups in total. The molecule has 1 heterocycles. The van der Waals surface area contributed by atoms with Gasteiger partial charge in [-0.15, -0.1) is 0 Å². The molecule has 0 fully saturated rings. The van der Waals surface area contributed by atoms with Gasteiger partial charge in [-0.05, 0) is 30.3 Å². The SMILES string of the molecule is NC(=O)c1ccc(NCC2COc3ccccc32)cc1. The molecule has 0 spiro atoms. The van der Waals surface area contributed by atoms with Gasteiger partial charge in [0, 0.05) is 29.3 Å². The number of nitrogens with one attached hydrogen (secondary N) is 1. The highest BCUT2D eigenvalue weighted by Crippen LogP contribution is 2.33. The lowest BCUT2D eigenvalue weighted by molar-refractivity contribution is 0.100. The van der Waals surface area contributed by atoms with E-state index >= 15 is 0 Å². The Hall–Kier alpha value is -2.49. The summed E-state index contributed by atoms with van der Waals surface area (Å²) in [4.78, 5) is 11.0. The van der Waals surface area contributed by atoms with E-state index in [2.05, 4.69) is 11.4 Å². The van der Waals surface area contributed by atoms with Crippen LogP contribution in [0, 0.1) is 0 Å². The minimum absolute atomic E-state index is 0.349. The summed E-state index contributed by atoms with van der Waals surface area (Å²) in [6, 6.07) is 15.3. The van der Waals surface area contributed by atoms with Crippen LogP contribution in [0.5, 0.6) is 5.75 Å². The number of fused-ring (bicyclic) bond motifs is 1. The van der Waals surface area contributed by atoms with Crippen LogP contribution in [-0.4, -0.2) is 19.1 Å². The number of carbonyl (C=O) groups is 1. The molecule has 1 atom stereocenters. The van der Waals surface area contributed by atoms with Crippen molar-refractivity contribution in [3.8, 4) is 5.75 Å². The van der Waals surface area contributed by atoms with Gasteiger partial charge in [0.25, 0.3) is 0 Å². The first kappa shape index (κ1) is 12.5. The zero-order valence-electron chi connectivity index (χ0n) is 11.0. The molecule has 1 amide bonds. The Morgan fingerprint density at radius 2 is 1.95 bits per heavy atom. The number of primary amides is 1. The summed E-state index contributed by atoms with van der Waals surface area (Å²) in [5.74, 6) is 0.917. The van der Waals surface area contributed by atoms with Crippen molar-refractivity contribution in [3.63, 3.8) is 0 Å². The number of ether oxygens (including phenoxy) is 1. The summed E-state index contributed by atoms with van der Waals surface area (Å²) in [5, 5.41) is 3.36. The summed E-state index contributed by atoms with van der Waals surface area (Å²) in [6.07, 6.45) is 0. The lowest BCUT2D eigenvalue weighted by Crippen LogP contribution is -2.14. The highest BCUT2D eigenvalue weighted by molar-refractivity contribution is 5.93. The van der Waals surface area contributed by atoms with Gasteiger partial charge in [0.1, 0.15) is 5.75 Å². The van der Waals surface area contributed by atoms with E-state index in [0.717, 1.165) is 18.0 Å². The van der Waals surface area contributed by atoms with Gasteiger partial charge in [0.15, 0.2) is 0 Å². The van der Waals surface area contributed by atoms with Crippen molar-refractivity contribution >= 4 is 11.6 Å². The molecule has 0 aromatic heterocycles. The second-order valence-corrected chi connectivity index (χ2v) is 4.87. The summed E-state index contributed by atoms with van der Waals surface area (Å²) < 4.78 is 5.65. The molecule has 2 aromatic carbocycles. The van der Waals surface area contributed by atoms with Gasteiger partial charge >= 0.3 is 0 Å². The summed E-state index contributed by atoms with van der Waals surface area (Å²) in [7, 11) is 0. The maximum Gasteiger partial charge on any atom is 0.248 e. The number of nitrogens with two attached hydrogens (primary N) is 1. The van der Waals surface area contributed by atoms with E-state index in [1.165, 1.54) is 5.56 Å². The van der Waals surface area contributed by atoms with Crippen molar-refractivity contribution in [2.45, 2.75) is 5.92 Å². The van der Waals surface area contributed by atoms with Crippen LogP contribution in [0.15, 0.2) is 48.5 Å². The van der Waals surface area contributed by atoms with Crippen molar-refractivity contribution in [2.24, 2.45) is 5.73 Å². The Bertz CT molecular complexity index is 623. The highest BCUT2D eigenvalue weighted by Gasteiger charge is 2.23. The quantitative estimate of drug-likeness (QED) is 0.894. The van der Waals surface area contributed by atoms with Crippen LogP contribution in [0.3, 0.4) is 0 Å². The van der Waals surface area contributed by atoms with Crippen molar-refractivity contribution in [2.75, 3.05) is 18.5 Å². The predicted molar refractivity (Wildman–Crippen MR) is 78.1 cm³/mol. The van der Waals surface area contributed by atoms with E-state index in [1.54, 1.807) is 12.1 Å². The van der Waals surface area contributed by atoms with Crippen molar-refractivity contribution in [1.82, 2.24) is 0 Å². The number of para-hydroxylation sites is 1. The van der Waals surface area contributed by atoms with Crippen LogP contribution in [0.2, 0.25) is 0 Å². The molecule has 0 radical (unpaired) electrons. The summed E-state index contributed by atoms with van der Waals surface area (Å²) in [6.45, 7) is 1.50. The van der Waals surface area contributed by atoms with E-state index in [4.69, 9.17) is 10.5 Å². The number of benzene rings is 2. The molecule has 3 rings (SSSR count). The van der Waals surface area contributed by atoms with Gasteiger partial charge < -0.3 is 15.8 Å². The number of amides is 1. The Labute approximate surface area is 117 Å². The minimum atomic E-state index is -0.408. The van der Waals surface area contributed by atoms with Gasteiger partial charge in [-0.3, -0.25) is 4.79 Å². The normalized spacial score (nSPS) is 16.3. The van der Waals surface area contributed by atoms with Crippen molar-refractivity contribution in [3.05, 3.63) is 59.7 Å². The molecule has 0 bridgehead atoms. The topological polar surface area (TPSA) is 64.4 Å². The smallest absolute Gasteiger partial charge is 0.248 e. The van der Waals surface area contributed by atoms with E-state index in [9.17, 15) is 4.79 Å². The first-order chi connectivity index (χ1) is 9.74. The van der Waals surface area contributed by atoms with E-state index in [-0.39, 0.29) is 0 Å². The molecule has 0 saturated carbocycles. The van der Waals surface area contributed by atoms with Crippen LogP contribution in [-0.2, 0) is 0 Å². The number of carbonyl (C=O) groups excluding carboxylic acids is 1. The first-order valence-corrected chi connectivity index (χ1v) is 6.59. The fourth-order valence-corrected chi connectivity index (χ4v) is 2.39. The van der Waals surface area contributed by atoms with Gasteiger partial charge in [-0.2, -0.15) is 0 Å². The minimum Gasteiger partial charge on any atom is -0.493 e. The van der Waals surface area contributed by atoms with E-state index in [1.807, 2.05) is 30.3 Å². The lowest BCUT2D eigenvalue weighted by atomic mass is 10.0. The molecule has 1 aliphatic heterocycles. The third-order valence-corrected chi connectivity index (χ3v) is 3.52. The molecule has 4 heteroatoms. The maximum absolute atomic E-state index is 11.0. The number of hydrogen-bond acceptors (Lipinski definition) is 3. The van der Waals surface area contributed by atoms with Crippen molar-refractivity contribution in [1.29, 1.82) is 0 Å². The second-order valence-electron chi connectivity index (χ2n) is 4.87. The lowest BCUT2D eigenvalue weighted by Gasteiger charge is -2.11. The number of anilines is 1. The van der Waals surface area contributed by atoms with E-state index < -0.39 is 5.91 Å². The third kappa shape index (κ3) is 2.45. The molecular weight excluding hydrogens is 252 g/mol. The average Bonchev–Trinajstić information content (AvgIpc) is 2.89. The van der Waals surface area contributed by atoms with Crippen LogP contribution in [0.25, 0.3) is 0 Å². The van der Waals surface area contributed by atoms with Crippen LogP contribution in [0.1, 0.15) is 21.8 Å². The average molecular weight is 268 g/mol. The second kappa shape index (κ2) is 5.25. The van der Waals surface area contributed by atoms with Crippen LogP contribution < -0.4 is 15.8 Å². The number of rotatable bonds is 4. The van der Waals surface area contributed by atoms with Gasteiger partial charge in [-0.25, -0.2) is 0 Å². The third-order valence-electron chi connectivity index (χ3n) is 3.52. The van der Waals surface area contributed by atoms with Gasteiger partial charge in [0.05, 0.1) is 6.61 Å². The Morgan fingerprint density at radius 3 is 2.70 bits per heavy atom. The number of hydrogen-bond donors (Lipinski definition) is 2. The largest absolute Gasteiger partial charge is 0.493 e. The molecule has 102 valence electrons. The Balaban J connectivity index is 1.64. The molecule has 4 nitrogen and oxygen atoms in total. The van der Waals surface area contributed by atoms with Crippen molar-refractivity contribution < 1.29 is 9.53 Å². The fraction of sp³-hybridized carbons (Fsp3) is 0.188. The maximum atomic E-state index is 11.0.